The van der Waals surface area contributed by atoms with Crippen molar-refractivity contribution < 1.29 is 4.79 Å². The molecule has 1 aliphatic heterocycles. The number of carbonyl (C=O) groups excluding carboxylic acids is 1. The molecule has 1 saturated heterocycles. The molecule has 1 fully saturated rings. The first-order chi connectivity index (χ1) is 13.2. The molecule has 7 nitrogen and oxygen atoms in total. The van der Waals surface area contributed by atoms with Gasteiger partial charge in [-0.2, -0.15) is 5.10 Å². The van der Waals surface area contributed by atoms with Gasteiger partial charge in [0.05, 0.1) is 11.9 Å². The van der Waals surface area contributed by atoms with Gasteiger partial charge in [-0.1, -0.05) is 18.2 Å². The molecular formula is C20H24N6O. The first-order valence-corrected chi connectivity index (χ1v) is 9.29. The van der Waals surface area contributed by atoms with Crippen LogP contribution < -0.4 is 5.32 Å². The van der Waals surface area contributed by atoms with E-state index in [2.05, 4.69) is 15.4 Å². The number of nitrogens with one attached hydrogen (secondary N) is 1. The summed E-state index contributed by atoms with van der Waals surface area (Å²) in [5.41, 5.74) is 2.09. The summed E-state index contributed by atoms with van der Waals surface area (Å²) in [6.45, 7) is 2.26. The monoisotopic (exact) mass is 364 g/mol. The quantitative estimate of drug-likeness (QED) is 0.748. The number of aromatic nitrogens is 4. The molecule has 1 atom stereocenters. The second-order valence-corrected chi connectivity index (χ2v) is 6.83. The molecule has 1 N–H and O–H groups in total. The lowest BCUT2D eigenvalue weighted by Crippen LogP contribution is -2.49. The fraction of sp³-hybridized carbons (Fsp3) is 0.350. The van der Waals surface area contributed by atoms with E-state index in [1.807, 2.05) is 70.1 Å². The minimum Gasteiger partial charge on any atom is -0.336 e. The molecule has 140 valence electrons. The van der Waals surface area contributed by atoms with Crippen molar-refractivity contribution in [3.8, 4) is 5.69 Å². The molecule has 2 aromatic heterocycles. The van der Waals surface area contributed by atoms with Crippen LogP contribution in [0.3, 0.4) is 0 Å². The van der Waals surface area contributed by atoms with E-state index in [0.29, 0.717) is 19.4 Å². The predicted molar refractivity (Wildman–Crippen MR) is 102 cm³/mol. The van der Waals surface area contributed by atoms with E-state index >= 15 is 0 Å². The summed E-state index contributed by atoms with van der Waals surface area (Å²) >= 11 is 0. The van der Waals surface area contributed by atoms with E-state index in [4.69, 9.17) is 0 Å². The average Bonchev–Trinajstić information content (AvgIpc) is 3.36. The van der Waals surface area contributed by atoms with Crippen molar-refractivity contribution in [2.45, 2.75) is 18.9 Å². The Kier molecular flexibility index (Phi) is 5.02. The van der Waals surface area contributed by atoms with Crippen LogP contribution in [-0.4, -0.2) is 49.8 Å². The number of hydrogen-bond donors (Lipinski definition) is 1. The molecule has 3 heterocycles. The van der Waals surface area contributed by atoms with Crippen molar-refractivity contribution in [2.24, 2.45) is 7.05 Å². The van der Waals surface area contributed by atoms with E-state index < -0.39 is 0 Å². The van der Waals surface area contributed by atoms with Gasteiger partial charge in [0, 0.05) is 51.7 Å². The molecule has 0 saturated carbocycles. The first-order valence-electron chi connectivity index (χ1n) is 9.29. The maximum atomic E-state index is 12.9. The lowest BCUT2D eigenvalue weighted by atomic mass is 10.1. The standard InChI is InChI=1S/C20H24N6O/c1-24-11-10-22-20(24)18-14-21-9-12-25(18)19(27)8-7-16-13-23-26(15-16)17-5-3-2-4-6-17/h2-6,10-11,13,15,18,21H,7-9,12,14H2,1H3. The molecule has 1 aliphatic rings. The first kappa shape index (κ1) is 17.5. The molecular weight excluding hydrogens is 340 g/mol. The van der Waals surface area contributed by atoms with Crippen molar-refractivity contribution in [1.82, 2.24) is 29.5 Å². The molecule has 0 aliphatic carbocycles. The smallest absolute Gasteiger partial charge is 0.223 e. The topological polar surface area (TPSA) is 68.0 Å². The third-order valence-electron chi connectivity index (χ3n) is 5.00. The lowest BCUT2D eigenvalue weighted by molar-refractivity contribution is -0.134. The summed E-state index contributed by atoms with van der Waals surface area (Å²) < 4.78 is 3.84. The van der Waals surface area contributed by atoms with E-state index in [9.17, 15) is 4.79 Å². The van der Waals surface area contributed by atoms with E-state index in [-0.39, 0.29) is 11.9 Å². The van der Waals surface area contributed by atoms with Gasteiger partial charge in [0.2, 0.25) is 5.91 Å². The number of benzene rings is 1. The van der Waals surface area contributed by atoms with Crippen molar-refractivity contribution in [2.75, 3.05) is 19.6 Å². The van der Waals surface area contributed by atoms with Crippen LogP contribution >= 0.6 is 0 Å². The van der Waals surface area contributed by atoms with Gasteiger partial charge < -0.3 is 14.8 Å². The summed E-state index contributed by atoms with van der Waals surface area (Å²) in [6, 6.07) is 9.97. The van der Waals surface area contributed by atoms with Crippen molar-refractivity contribution in [3.63, 3.8) is 0 Å². The number of para-hydroxylation sites is 1. The van der Waals surface area contributed by atoms with Crippen molar-refractivity contribution in [1.29, 1.82) is 0 Å². The Bertz CT molecular complexity index is 900. The zero-order valence-electron chi connectivity index (χ0n) is 15.5. The van der Waals surface area contributed by atoms with Crippen molar-refractivity contribution >= 4 is 5.91 Å². The van der Waals surface area contributed by atoms with Gasteiger partial charge >= 0.3 is 0 Å². The zero-order chi connectivity index (χ0) is 18.6. The second-order valence-electron chi connectivity index (χ2n) is 6.83. The molecule has 1 amide bonds. The van der Waals surface area contributed by atoms with Crippen LogP contribution in [0.25, 0.3) is 5.69 Å². The Balaban J connectivity index is 1.41. The Morgan fingerprint density at radius 3 is 2.93 bits per heavy atom. The van der Waals surface area contributed by atoms with E-state index in [1.165, 1.54) is 0 Å². The molecule has 27 heavy (non-hydrogen) atoms. The maximum Gasteiger partial charge on any atom is 0.223 e. The minimum atomic E-state index is -0.0155. The Morgan fingerprint density at radius 2 is 2.15 bits per heavy atom. The number of hydrogen-bond acceptors (Lipinski definition) is 4. The van der Waals surface area contributed by atoms with Crippen LogP contribution in [0.1, 0.15) is 23.9 Å². The van der Waals surface area contributed by atoms with Gasteiger partial charge in [0.1, 0.15) is 11.9 Å². The molecule has 0 spiro atoms. The van der Waals surface area contributed by atoms with Crippen LogP contribution in [0, 0.1) is 0 Å². The molecule has 4 rings (SSSR count). The third kappa shape index (κ3) is 3.78. The summed E-state index contributed by atoms with van der Waals surface area (Å²) in [5.74, 6) is 1.09. The summed E-state index contributed by atoms with van der Waals surface area (Å²) in [6.07, 6.45) is 8.70. The van der Waals surface area contributed by atoms with Gasteiger partial charge in [0.25, 0.3) is 0 Å². The third-order valence-corrected chi connectivity index (χ3v) is 5.00. The number of amides is 1. The van der Waals surface area contributed by atoms with Gasteiger partial charge in [-0.3, -0.25) is 4.79 Å². The molecule has 3 aromatic rings. The number of carbonyl (C=O) groups is 1. The van der Waals surface area contributed by atoms with Gasteiger partial charge in [-0.15, -0.1) is 0 Å². The normalized spacial score (nSPS) is 17.2. The van der Waals surface area contributed by atoms with Crippen LogP contribution in [0.2, 0.25) is 0 Å². The van der Waals surface area contributed by atoms with Gasteiger partial charge in [-0.05, 0) is 24.1 Å². The Hall–Kier alpha value is -2.93. The SMILES string of the molecule is Cn1ccnc1C1CNCCN1C(=O)CCc1cnn(-c2ccccc2)c1. The number of aryl methyl sites for hydroxylation is 2. The zero-order valence-corrected chi connectivity index (χ0v) is 15.5. The highest BCUT2D eigenvalue weighted by molar-refractivity contribution is 5.77. The van der Waals surface area contributed by atoms with Gasteiger partial charge in [-0.25, -0.2) is 9.67 Å². The van der Waals surface area contributed by atoms with Crippen LogP contribution in [0.4, 0.5) is 0 Å². The lowest BCUT2D eigenvalue weighted by Gasteiger charge is -2.35. The Labute approximate surface area is 158 Å². The second kappa shape index (κ2) is 7.75. The molecule has 7 heteroatoms. The summed E-state index contributed by atoms with van der Waals surface area (Å²) in [5, 5.41) is 7.78. The predicted octanol–water partition coefficient (Wildman–Crippen LogP) is 1.71. The highest BCUT2D eigenvalue weighted by Gasteiger charge is 2.30. The summed E-state index contributed by atoms with van der Waals surface area (Å²) in [4.78, 5) is 19.3. The molecule has 1 unspecified atom stereocenters. The average molecular weight is 364 g/mol. The highest BCUT2D eigenvalue weighted by atomic mass is 16.2. The van der Waals surface area contributed by atoms with E-state index in [1.54, 1.807) is 6.20 Å². The van der Waals surface area contributed by atoms with Crippen LogP contribution in [-0.2, 0) is 18.3 Å². The fourth-order valence-electron chi connectivity index (χ4n) is 3.54. The maximum absolute atomic E-state index is 12.9. The van der Waals surface area contributed by atoms with Crippen LogP contribution in [0.15, 0.2) is 55.1 Å². The highest BCUT2D eigenvalue weighted by Crippen LogP contribution is 2.22. The van der Waals surface area contributed by atoms with E-state index in [0.717, 1.165) is 30.2 Å². The molecule has 0 radical (unpaired) electrons. The number of imidazole rings is 1. The summed E-state index contributed by atoms with van der Waals surface area (Å²) in [7, 11) is 1.97. The minimum absolute atomic E-state index is 0.0155. The van der Waals surface area contributed by atoms with Crippen LogP contribution in [0.5, 0.6) is 0 Å². The largest absolute Gasteiger partial charge is 0.336 e. The Morgan fingerprint density at radius 1 is 1.30 bits per heavy atom. The van der Waals surface area contributed by atoms with Crippen molar-refractivity contribution in [3.05, 3.63) is 66.5 Å². The number of piperazine rings is 1. The van der Waals surface area contributed by atoms with Gasteiger partial charge in [0.15, 0.2) is 0 Å². The molecule has 0 bridgehead atoms. The number of rotatable bonds is 5. The fourth-order valence-corrected chi connectivity index (χ4v) is 3.54. The molecule has 1 aromatic carbocycles. The number of nitrogens with zero attached hydrogens (tertiary/aromatic N) is 5.